The van der Waals surface area contributed by atoms with Gasteiger partial charge in [0.25, 0.3) is 0 Å². The van der Waals surface area contributed by atoms with Crippen LogP contribution in [0.2, 0.25) is 0 Å². The average molecular weight is 213 g/mol. The van der Waals surface area contributed by atoms with Crippen molar-refractivity contribution in [1.29, 1.82) is 0 Å². The van der Waals surface area contributed by atoms with E-state index in [9.17, 15) is 0 Å². The van der Waals surface area contributed by atoms with Gasteiger partial charge in [-0.05, 0) is 25.7 Å². The summed E-state index contributed by atoms with van der Waals surface area (Å²) < 4.78 is 11.6. The summed E-state index contributed by atoms with van der Waals surface area (Å²) >= 11 is 0. The molecule has 2 rings (SSSR count). The Balaban J connectivity index is 1.61. The van der Waals surface area contributed by atoms with Crippen molar-refractivity contribution in [3.8, 4) is 0 Å². The van der Waals surface area contributed by atoms with Crippen LogP contribution >= 0.6 is 0 Å². The molecule has 0 bridgehead atoms. The molecule has 1 heterocycles. The van der Waals surface area contributed by atoms with Crippen molar-refractivity contribution in [1.82, 2.24) is 0 Å². The second-order valence-corrected chi connectivity index (χ2v) is 4.79. The zero-order chi connectivity index (χ0) is 10.5. The van der Waals surface area contributed by atoms with E-state index in [-0.39, 0.29) is 6.10 Å². The highest BCUT2D eigenvalue weighted by Gasteiger charge is 2.25. The third-order valence-electron chi connectivity index (χ3n) is 3.53. The first-order valence-electron chi connectivity index (χ1n) is 6.35. The molecule has 1 saturated carbocycles. The minimum atomic E-state index is 0.282. The van der Waals surface area contributed by atoms with Crippen molar-refractivity contribution in [3.05, 3.63) is 0 Å². The summed E-state index contributed by atoms with van der Waals surface area (Å²) in [5.41, 5.74) is 5.57. The number of ether oxygens (including phenoxy) is 2. The Hall–Kier alpha value is -0.120. The SMILES string of the molecule is NCC1CCC(COC2CCCCC2)O1. The molecule has 3 heteroatoms. The van der Waals surface area contributed by atoms with Gasteiger partial charge in [-0.25, -0.2) is 0 Å². The highest BCUT2D eigenvalue weighted by Crippen LogP contribution is 2.23. The van der Waals surface area contributed by atoms with Gasteiger partial charge in [-0.15, -0.1) is 0 Å². The standard InChI is InChI=1S/C12H23NO2/c13-8-11-6-7-12(15-11)9-14-10-4-2-1-3-5-10/h10-12H,1-9,13H2. The van der Waals surface area contributed by atoms with E-state index < -0.39 is 0 Å². The summed E-state index contributed by atoms with van der Waals surface area (Å²) in [7, 11) is 0. The smallest absolute Gasteiger partial charge is 0.0814 e. The van der Waals surface area contributed by atoms with E-state index in [0.29, 0.717) is 18.8 Å². The van der Waals surface area contributed by atoms with E-state index in [1.165, 1.54) is 32.1 Å². The highest BCUT2D eigenvalue weighted by atomic mass is 16.5. The van der Waals surface area contributed by atoms with Gasteiger partial charge in [0.15, 0.2) is 0 Å². The van der Waals surface area contributed by atoms with Crippen LogP contribution in [0.5, 0.6) is 0 Å². The van der Waals surface area contributed by atoms with Gasteiger partial charge < -0.3 is 15.2 Å². The van der Waals surface area contributed by atoms with Crippen molar-refractivity contribution < 1.29 is 9.47 Å². The second-order valence-electron chi connectivity index (χ2n) is 4.79. The molecule has 1 saturated heterocycles. The molecule has 0 amide bonds. The zero-order valence-electron chi connectivity index (χ0n) is 9.49. The minimum absolute atomic E-state index is 0.282. The Labute approximate surface area is 92.3 Å². The lowest BCUT2D eigenvalue weighted by molar-refractivity contribution is -0.0485. The minimum Gasteiger partial charge on any atom is -0.376 e. The van der Waals surface area contributed by atoms with E-state index in [1.54, 1.807) is 0 Å². The van der Waals surface area contributed by atoms with Gasteiger partial charge in [-0.2, -0.15) is 0 Å². The molecule has 1 aliphatic carbocycles. The molecule has 3 nitrogen and oxygen atoms in total. The normalized spacial score (nSPS) is 33.4. The van der Waals surface area contributed by atoms with Crippen molar-refractivity contribution in [2.45, 2.75) is 63.3 Å². The third kappa shape index (κ3) is 3.44. The van der Waals surface area contributed by atoms with Crippen molar-refractivity contribution in [2.24, 2.45) is 5.73 Å². The zero-order valence-corrected chi connectivity index (χ0v) is 9.49. The molecule has 88 valence electrons. The van der Waals surface area contributed by atoms with E-state index in [1.807, 2.05) is 0 Å². The molecule has 2 fully saturated rings. The molecule has 2 N–H and O–H groups in total. The number of rotatable bonds is 4. The highest BCUT2D eigenvalue weighted by molar-refractivity contribution is 4.75. The molecule has 2 atom stereocenters. The maximum atomic E-state index is 5.89. The van der Waals surface area contributed by atoms with Gasteiger partial charge in [0.2, 0.25) is 0 Å². The molecule has 0 aromatic rings. The third-order valence-corrected chi connectivity index (χ3v) is 3.53. The molecule has 1 aliphatic heterocycles. The predicted molar refractivity (Wildman–Crippen MR) is 59.8 cm³/mol. The van der Waals surface area contributed by atoms with Crippen LogP contribution in [0.15, 0.2) is 0 Å². The van der Waals surface area contributed by atoms with Crippen molar-refractivity contribution >= 4 is 0 Å². The second kappa shape index (κ2) is 5.83. The Morgan fingerprint density at radius 3 is 2.40 bits per heavy atom. The van der Waals surface area contributed by atoms with E-state index >= 15 is 0 Å². The summed E-state index contributed by atoms with van der Waals surface area (Å²) in [5, 5.41) is 0. The number of hydrogen-bond acceptors (Lipinski definition) is 3. The summed E-state index contributed by atoms with van der Waals surface area (Å²) in [5.74, 6) is 0. The molecule has 2 aliphatic rings. The maximum absolute atomic E-state index is 5.89. The first-order chi connectivity index (χ1) is 7.38. The maximum Gasteiger partial charge on any atom is 0.0814 e. The first kappa shape index (κ1) is 11.4. The van der Waals surface area contributed by atoms with Crippen LogP contribution in [0.4, 0.5) is 0 Å². The lowest BCUT2D eigenvalue weighted by Crippen LogP contribution is -2.26. The largest absolute Gasteiger partial charge is 0.376 e. The molecular weight excluding hydrogens is 190 g/mol. The molecular formula is C12H23NO2. The van der Waals surface area contributed by atoms with Crippen LogP contribution in [0.25, 0.3) is 0 Å². The Bertz CT molecular complexity index is 180. The Kier molecular flexibility index (Phi) is 4.42. The molecule has 15 heavy (non-hydrogen) atoms. The topological polar surface area (TPSA) is 44.5 Å². The van der Waals surface area contributed by atoms with E-state index in [4.69, 9.17) is 15.2 Å². The average Bonchev–Trinajstić information content (AvgIpc) is 2.76. The van der Waals surface area contributed by atoms with Crippen molar-refractivity contribution in [2.75, 3.05) is 13.2 Å². The van der Waals surface area contributed by atoms with Crippen LogP contribution < -0.4 is 5.73 Å². The van der Waals surface area contributed by atoms with Gasteiger partial charge in [0.05, 0.1) is 24.9 Å². The Morgan fingerprint density at radius 1 is 1.00 bits per heavy atom. The summed E-state index contributed by atoms with van der Waals surface area (Å²) in [6.07, 6.45) is 9.85. The molecule has 0 spiro atoms. The molecule has 0 radical (unpaired) electrons. The summed E-state index contributed by atoms with van der Waals surface area (Å²) in [6, 6.07) is 0. The monoisotopic (exact) mass is 213 g/mol. The fourth-order valence-corrected chi connectivity index (χ4v) is 2.55. The molecule has 2 unspecified atom stereocenters. The number of hydrogen-bond donors (Lipinski definition) is 1. The fraction of sp³-hybridized carbons (Fsp3) is 1.00. The van der Waals surface area contributed by atoms with Crippen LogP contribution in [-0.4, -0.2) is 31.5 Å². The fourth-order valence-electron chi connectivity index (χ4n) is 2.55. The van der Waals surface area contributed by atoms with Gasteiger partial charge in [0, 0.05) is 6.54 Å². The predicted octanol–water partition coefficient (Wildman–Crippen LogP) is 1.84. The van der Waals surface area contributed by atoms with Gasteiger partial charge in [-0.3, -0.25) is 0 Å². The van der Waals surface area contributed by atoms with Crippen molar-refractivity contribution in [3.63, 3.8) is 0 Å². The summed E-state index contributed by atoms with van der Waals surface area (Å²) in [4.78, 5) is 0. The van der Waals surface area contributed by atoms with E-state index in [2.05, 4.69) is 0 Å². The van der Waals surface area contributed by atoms with Gasteiger partial charge >= 0.3 is 0 Å². The van der Waals surface area contributed by atoms with Crippen LogP contribution in [0.3, 0.4) is 0 Å². The van der Waals surface area contributed by atoms with Gasteiger partial charge in [-0.1, -0.05) is 19.3 Å². The van der Waals surface area contributed by atoms with Gasteiger partial charge in [0.1, 0.15) is 0 Å². The molecule has 0 aromatic heterocycles. The van der Waals surface area contributed by atoms with Crippen LogP contribution in [0.1, 0.15) is 44.9 Å². The van der Waals surface area contributed by atoms with Crippen LogP contribution in [-0.2, 0) is 9.47 Å². The molecule has 0 aromatic carbocycles. The number of nitrogens with two attached hydrogens (primary N) is 1. The first-order valence-corrected chi connectivity index (χ1v) is 6.35. The lowest BCUT2D eigenvalue weighted by atomic mass is 9.98. The quantitative estimate of drug-likeness (QED) is 0.775. The van der Waals surface area contributed by atoms with E-state index in [0.717, 1.165) is 19.4 Å². The lowest BCUT2D eigenvalue weighted by Gasteiger charge is -2.23. The Morgan fingerprint density at radius 2 is 1.73 bits per heavy atom. The van der Waals surface area contributed by atoms with Crippen LogP contribution in [0, 0.1) is 0 Å². The summed E-state index contributed by atoms with van der Waals surface area (Å²) in [6.45, 7) is 1.43.